The maximum atomic E-state index is 15.2. The molecule has 3 aromatic rings. The zero-order valence-electron chi connectivity index (χ0n) is 18.7. The van der Waals surface area contributed by atoms with Crippen LogP contribution in [0, 0.1) is 23.3 Å². The maximum Gasteiger partial charge on any atom is 0.300 e. The number of hydrogen-bond donors (Lipinski definition) is 5. The number of hydrogen-bond acceptors (Lipinski definition) is 7. The number of hydroxylamine groups is 1. The van der Waals surface area contributed by atoms with Gasteiger partial charge in [-0.3, -0.25) is 4.72 Å². The predicted octanol–water partition coefficient (Wildman–Crippen LogP) is 3.75. The van der Waals surface area contributed by atoms with E-state index in [1.807, 2.05) is 9.44 Å². The largest absolute Gasteiger partial charge is 0.372 e. The highest BCUT2D eigenvalue weighted by molar-refractivity contribution is 9.10. The quantitative estimate of drug-likeness (QED) is 0.138. The Hall–Kier alpha value is -2.82. The van der Waals surface area contributed by atoms with Crippen molar-refractivity contribution >= 4 is 43.3 Å². The van der Waals surface area contributed by atoms with Crippen molar-refractivity contribution in [2.75, 3.05) is 24.2 Å². The van der Waals surface area contributed by atoms with Crippen molar-refractivity contribution in [2.45, 2.75) is 12.6 Å². The van der Waals surface area contributed by atoms with Gasteiger partial charge in [-0.2, -0.15) is 13.9 Å². The van der Waals surface area contributed by atoms with Crippen LogP contribution in [-0.4, -0.2) is 32.7 Å². The van der Waals surface area contributed by atoms with Crippen LogP contribution in [-0.2, 0) is 21.5 Å². The van der Waals surface area contributed by atoms with Crippen LogP contribution in [0.5, 0.6) is 0 Å². The third-order valence-electron chi connectivity index (χ3n) is 4.88. The normalized spacial score (nSPS) is 12.4. The zero-order valence-corrected chi connectivity index (χ0v) is 21.1. The molecule has 0 spiro atoms. The first-order valence-electron chi connectivity index (χ1n) is 10.0. The van der Waals surface area contributed by atoms with Crippen LogP contribution in [0.3, 0.4) is 0 Å². The Bertz CT molecular complexity index is 1380. The second kappa shape index (κ2) is 11.5. The summed E-state index contributed by atoms with van der Waals surface area (Å²) in [7, 11) is -1.83. The van der Waals surface area contributed by atoms with Gasteiger partial charge < -0.3 is 15.3 Å². The maximum absolute atomic E-state index is 15.2. The Morgan fingerprint density at radius 3 is 2.44 bits per heavy atom. The molecule has 15 heteroatoms. The van der Waals surface area contributed by atoms with Crippen LogP contribution >= 0.6 is 15.9 Å². The number of nitrogens with one attached hydrogen (secondary N) is 4. The highest BCUT2D eigenvalue weighted by Gasteiger charge is 2.25. The van der Waals surface area contributed by atoms with Gasteiger partial charge in [0, 0.05) is 29.7 Å². The second-order valence-corrected chi connectivity index (χ2v) is 9.76. The monoisotopic (exact) mass is 593 g/mol. The van der Waals surface area contributed by atoms with E-state index in [4.69, 9.17) is 0 Å². The number of aliphatic hydroxyl groups excluding tert-OH is 1. The van der Waals surface area contributed by atoms with Crippen molar-refractivity contribution in [3.63, 3.8) is 0 Å². The lowest BCUT2D eigenvalue weighted by atomic mass is 9.99. The van der Waals surface area contributed by atoms with Gasteiger partial charge in [0.05, 0.1) is 18.5 Å². The first-order valence-corrected chi connectivity index (χ1v) is 12.3. The molecule has 1 heterocycles. The number of nitrogens with zero attached hydrogens (tertiary/aromatic N) is 1. The molecular weight excluding hydrogens is 574 g/mol. The minimum Gasteiger partial charge on any atom is -0.372 e. The highest BCUT2D eigenvalue weighted by atomic mass is 79.9. The van der Waals surface area contributed by atoms with E-state index in [2.05, 4.69) is 36.5 Å². The number of benzene rings is 2. The average Bonchev–Trinajstić information content (AvgIpc) is 2.82. The molecule has 0 radical (unpaired) electrons. The summed E-state index contributed by atoms with van der Waals surface area (Å²) < 4.78 is 87.1. The van der Waals surface area contributed by atoms with Crippen LogP contribution in [0.25, 0.3) is 0 Å². The minimum atomic E-state index is -4.10. The van der Waals surface area contributed by atoms with Crippen molar-refractivity contribution in [3.05, 3.63) is 81.0 Å². The molecule has 0 amide bonds. The molecule has 9 nitrogen and oxygen atoms in total. The molecule has 36 heavy (non-hydrogen) atoms. The number of aromatic nitrogens is 1. The number of anilines is 3. The molecule has 3 rings (SSSR count). The molecule has 1 unspecified atom stereocenters. The van der Waals surface area contributed by atoms with Gasteiger partial charge in [0.1, 0.15) is 5.82 Å². The van der Waals surface area contributed by atoms with E-state index < -0.39 is 63.2 Å². The van der Waals surface area contributed by atoms with Gasteiger partial charge in [-0.05, 0) is 41.5 Å². The van der Waals surface area contributed by atoms with Gasteiger partial charge >= 0.3 is 0 Å². The lowest BCUT2D eigenvalue weighted by Crippen LogP contribution is -2.27. The third-order valence-corrected chi connectivity index (χ3v) is 6.37. The Labute approximate surface area is 212 Å². The molecule has 1 aromatic heterocycles. The molecule has 0 saturated carbocycles. The van der Waals surface area contributed by atoms with Crippen molar-refractivity contribution in [3.8, 4) is 0 Å². The summed E-state index contributed by atoms with van der Waals surface area (Å²) in [5, 5.41) is 12.8. The fourth-order valence-electron chi connectivity index (χ4n) is 3.15. The fraction of sp³-hybridized carbons (Fsp3) is 0.190. The van der Waals surface area contributed by atoms with E-state index in [0.29, 0.717) is 4.47 Å². The highest BCUT2D eigenvalue weighted by Crippen LogP contribution is 2.34. The summed E-state index contributed by atoms with van der Waals surface area (Å²) in [5.74, 6) is -5.45. The van der Waals surface area contributed by atoms with E-state index >= 15 is 8.78 Å². The minimum absolute atomic E-state index is 0.211. The number of rotatable bonds is 10. The fourth-order valence-corrected chi connectivity index (χ4v) is 3.98. The Morgan fingerprint density at radius 2 is 1.81 bits per heavy atom. The Balaban J connectivity index is 2.07. The van der Waals surface area contributed by atoms with E-state index in [1.165, 1.54) is 19.2 Å². The first kappa shape index (κ1) is 27.8. The number of aliphatic hydroxyl groups is 1. The number of pyridine rings is 1. The summed E-state index contributed by atoms with van der Waals surface area (Å²) in [5.41, 5.74) is 0.459. The third kappa shape index (κ3) is 6.29. The van der Waals surface area contributed by atoms with Crippen LogP contribution < -0.4 is 20.2 Å². The van der Waals surface area contributed by atoms with Crippen LogP contribution in [0.2, 0.25) is 0 Å². The SMILES string of the molecule is CNS(=O)(=O)Nc1nccc(Cc2cc(C(O)NOC)c(Nc3ccc(Br)cc3F)c(F)c2F)c1F. The van der Waals surface area contributed by atoms with Gasteiger partial charge in [0.15, 0.2) is 29.5 Å². The molecule has 0 aliphatic rings. The smallest absolute Gasteiger partial charge is 0.300 e. The molecule has 0 aliphatic heterocycles. The van der Waals surface area contributed by atoms with Crippen LogP contribution in [0.4, 0.5) is 34.8 Å². The van der Waals surface area contributed by atoms with Gasteiger partial charge in [0.25, 0.3) is 10.2 Å². The summed E-state index contributed by atoms with van der Waals surface area (Å²) in [6, 6.07) is 6.01. The van der Waals surface area contributed by atoms with E-state index in [9.17, 15) is 22.3 Å². The van der Waals surface area contributed by atoms with Gasteiger partial charge in [0.2, 0.25) is 0 Å². The number of halogens is 5. The summed E-state index contributed by atoms with van der Waals surface area (Å²) in [4.78, 5) is 8.27. The van der Waals surface area contributed by atoms with E-state index in [0.717, 1.165) is 31.4 Å². The van der Waals surface area contributed by atoms with Crippen molar-refractivity contribution in [1.82, 2.24) is 15.2 Å². The molecule has 0 aliphatic carbocycles. The average molecular weight is 594 g/mol. The lowest BCUT2D eigenvalue weighted by Gasteiger charge is -2.20. The van der Waals surface area contributed by atoms with Crippen molar-refractivity contribution in [2.24, 2.45) is 0 Å². The molecule has 2 aromatic carbocycles. The Morgan fingerprint density at radius 1 is 1.08 bits per heavy atom. The molecule has 0 bridgehead atoms. The second-order valence-electron chi connectivity index (χ2n) is 7.22. The molecule has 5 N–H and O–H groups in total. The van der Waals surface area contributed by atoms with E-state index in [1.54, 1.807) is 0 Å². The van der Waals surface area contributed by atoms with Gasteiger partial charge in [-0.1, -0.05) is 15.9 Å². The molecule has 1 atom stereocenters. The standard InChI is InChI=1S/C21H20BrF4N5O4S/c1-27-36(33,34)31-20-17(25)10(5-6-28-20)7-11-8-13(21(32)30-35-2)19(18(26)16(11)24)29-15-4-3-12(22)9-14(15)23/h3-6,8-9,21,27,29-30,32H,7H2,1-2H3,(H,28,31). The predicted molar refractivity (Wildman–Crippen MR) is 127 cm³/mol. The zero-order chi connectivity index (χ0) is 26.6. The van der Waals surface area contributed by atoms with Crippen molar-refractivity contribution in [1.29, 1.82) is 0 Å². The molecular formula is C21H20BrF4N5O4S. The van der Waals surface area contributed by atoms with Gasteiger partial charge in [-0.15, -0.1) is 0 Å². The topological polar surface area (TPSA) is 125 Å². The van der Waals surface area contributed by atoms with E-state index in [-0.39, 0.29) is 16.8 Å². The van der Waals surface area contributed by atoms with Crippen molar-refractivity contribution < 1.29 is 35.9 Å². The van der Waals surface area contributed by atoms with Crippen LogP contribution in [0.15, 0.2) is 41.0 Å². The summed E-state index contributed by atoms with van der Waals surface area (Å²) >= 11 is 3.09. The van der Waals surface area contributed by atoms with Crippen LogP contribution in [0.1, 0.15) is 22.9 Å². The molecule has 0 fully saturated rings. The summed E-state index contributed by atoms with van der Waals surface area (Å²) in [6.07, 6.45) is -1.18. The molecule has 194 valence electrons. The first-order chi connectivity index (χ1) is 17.0. The Kier molecular flexibility index (Phi) is 8.86. The van der Waals surface area contributed by atoms with Gasteiger partial charge in [-0.25, -0.2) is 27.3 Å². The lowest BCUT2D eigenvalue weighted by molar-refractivity contribution is -0.0318. The summed E-state index contributed by atoms with van der Waals surface area (Å²) in [6.45, 7) is 0. The molecule has 0 saturated heterocycles.